The van der Waals surface area contributed by atoms with Gasteiger partial charge in [-0.1, -0.05) is 47.5 Å². The summed E-state index contributed by atoms with van der Waals surface area (Å²) in [4.78, 5) is 16.8. The summed E-state index contributed by atoms with van der Waals surface area (Å²) in [5, 5.41) is 8.16. The van der Waals surface area contributed by atoms with Crippen LogP contribution in [0.15, 0.2) is 67.0 Å². The summed E-state index contributed by atoms with van der Waals surface area (Å²) in [7, 11) is 0. The Morgan fingerprint density at radius 2 is 1.77 bits per heavy atom. The molecule has 0 fully saturated rings. The Labute approximate surface area is 155 Å². The Morgan fingerprint density at radius 3 is 2.50 bits per heavy atom. The SMILES string of the molecule is Cc1ccc(NC(=O)c2ncc3c(cnn3-c3ccccc3)c2Cl)cc1. The van der Waals surface area contributed by atoms with Gasteiger partial charge >= 0.3 is 0 Å². The fraction of sp³-hybridized carbons (Fsp3) is 0.0500. The Hall–Kier alpha value is -3.18. The molecule has 1 N–H and O–H groups in total. The zero-order chi connectivity index (χ0) is 18.1. The third-order valence-corrected chi connectivity index (χ3v) is 4.47. The van der Waals surface area contributed by atoms with E-state index in [9.17, 15) is 4.79 Å². The molecule has 6 heteroatoms. The van der Waals surface area contributed by atoms with E-state index in [-0.39, 0.29) is 16.6 Å². The largest absolute Gasteiger partial charge is 0.321 e. The van der Waals surface area contributed by atoms with E-state index in [1.165, 1.54) is 0 Å². The van der Waals surface area contributed by atoms with Gasteiger partial charge in [-0.3, -0.25) is 4.79 Å². The molecule has 0 atom stereocenters. The number of carbonyl (C=O) groups is 1. The van der Waals surface area contributed by atoms with Gasteiger partial charge in [0.15, 0.2) is 0 Å². The number of fused-ring (bicyclic) bond motifs is 1. The molecule has 4 rings (SSSR count). The molecule has 0 saturated carbocycles. The summed E-state index contributed by atoms with van der Waals surface area (Å²) in [5.74, 6) is -0.354. The quantitative estimate of drug-likeness (QED) is 0.577. The molecule has 1 amide bonds. The van der Waals surface area contributed by atoms with E-state index >= 15 is 0 Å². The van der Waals surface area contributed by atoms with Crippen molar-refractivity contribution in [2.75, 3.05) is 5.32 Å². The van der Waals surface area contributed by atoms with Crippen LogP contribution in [0.5, 0.6) is 0 Å². The van der Waals surface area contributed by atoms with Crippen LogP contribution >= 0.6 is 11.6 Å². The molecule has 26 heavy (non-hydrogen) atoms. The highest BCUT2D eigenvalue weighted by Crippen LogP contribution is 2.27. The van der Waals surface area contributed by atoms with Gasteiger partial charge in [0.25, 0.3) is 5.91 Å². The zero-order valence-electron chi connectivity index (χ0n) is 14.0. The number of amides is 1. The lowest BCUT2D eigenvalue weighted by atomic mass is 10.2. The molecule has 4 aromatic rings. The van der Waals surface area contributed by atoms with Gasteiger partial charge in [-0.05, 0) is 31.2 Å². The lowest BCUT2D eigenvalue weighted by molar-refractivity contribution is 0.102. The van der Waals surface area contributed by atoms with Crippen molar-refractivity contribution in [2.24, 2.45) is 0 Å². The second-order valence-corrected chi connectivity index (χ2v) is 6.31. The molecular formula is C20H15ClN4O. The highest BCUT2D eigenvalue weighted by molar-refractivity contribution is 6.38. The summed E-state index contributed by atoms with van der Waals surface area (Å²) in [5.41, 5.74) is 3.63. The molecule has 0 aliphatic carbocycles. The van der Waals surface area contributed by atoms with Crippen LogP contribution in [0.1, 0.15) is 16.1 Å². The van der Waals surface area contributed by atoms with Gasteiger partial charge in [-0.15, -0.1) is 0 Å². The minimum atomic E-state index is -0.354. The van der Waals surface area contributed by atoms with Crippen LogP contribution in [0.3, 0.4) is 0 Å². The van der Waals surface area contributed by atoms with Crippen LogP contribution in [0.4, 0.5) is 5.69 Å². The van der Waals surface area contributed by atoms with Gasteiger partial charge in [-0.25, -0.2) is 9.67 Å². The summed E-state index contributed by atoms with van der Waals surface area (Å²) in [6.45, 7) is 1.99. The van der Waals surface area contributed by atoms with Gasteiger partial charge in [0, 0.05) is 11.1 Å². The normalized spacial score (nSPS) is 10.8. The molecule has 5 nitrogen and oxygen atoms in total. The van der Waals surface area contributed by atoms with E-state index in [2.05, 4.69) is 15.4 Å². The zero-order valence-corrected chi connectivity index (χ0v) is 14.7. The lowest BCUT2D eigenvalue weighted by Gasteiger charge is -2.08. The number of para-hydroxylation sites is 1. The van der Waals surface area contributed by atoms with Gasteiger partial charge in [-0.2, -0.15) is 5.10 Å². The molecule has 2 heterocycles. The first kappa shape index (κ1) is 16.3. The second-order valence-electron chi connectivity index (χ2n) is 5.93. The number of pyridine rings is 1. The molecule has 0 saturated heterocycles. The number of hydrogen-bond acceptors (Lipinski definition) is 3. The van der Waals surface area contributed by atoms with E-state index in [0.29, 0.717) is 11.1 Å². The predicted octanol–water partition coefficient (Wildman–Crippen LogP) is 4.63. The van der Waals surface area contributed by atoms with Gasteiger partial charge in [0.1, 0.15) is 5.69 Å². The van der Waals surface area contributed by atoms with E-state index in [1.54, 1.807) is 17.1 Å². The van der Waals surface area contributed by atoms with Crippen molar-refractivity contribution in [2.45, 2.75) is 6.92 Å². The second kappa shape index (κ2) is 6.61. The average Bonchev–Trinajstić information content (AvgIpc) is 3.09. The summed E-state index contributed by atoms with van der Waals surface area (Å²) >= 11 is 6.45. The highest BCUT2D eigenvalue weighted by atomic mass is 35.5. The fourth-order valence-electron chi connectivity index (χ4n) is 2.72. The van der Waals surface area contributed by atoms with Crippen molar-refractivity contribution < 1.29 is 4.79 Å². The molecule has 0 aliphatic rings. The van der Waals surface area contributed by atoms with Crippen LogP contribution in [0.25, 0.3) is 16.6 Å². The van der Waals surface area contributed by atoms with Crippen molar-refractivity contribution >= 4 is 34.1 Å². The summed E-state index contributed by atoms with van der Waals surface area (Å²) in [6.07, 6.45) is 3.26. The summed E-state index contributed by atoms with van der Waals surface area (Å²) in [6, 6.07) is 17.2. The molecular weight excluding hydrogens is 348 g/mol. The van der Waals surface area contributed by atoms with E-state index in [4.69, 9.17) is 11.6 Å². The number of rotatable bonds is 3. The van der Waals surface area contributed by atoms with Gasteiger partial charge in [0.05, 0.1) is 28.6 Å². The Bertz CT molecular complexity index is 1090. The number of halogens is 1. The molecule has 2 aromatic carbocycles. The van der Waals surface area contributed by atoms with Gasteiger partial charge in [0.2, 0.25) is 0 Å². The number of nitrogens with one attached hydrogen (secondary N) is 1. The first-order valence-corrected chi connectivity index (χ1v) is 8.47. The van der Waals surface area contributed by atoms with Crippen molar-refractivity contribution in [3.05, 3.63) is 83.3 Å². The first-order chi connectivity index (χ1) is 12.6. The third kappa shape index (κ3) is 2.93. The minimum Gasteiger partial charge on any atom is -0.321 e. The van der Waals surface area contributed by atoms with Crippen molar-refractivity contribution in [3.8, 4) is 5.69 Å². The molecule has 0 radical (unpaired) electrons. The Balaban J connectivity index is 1.70. The predicted molar refractivity (Wildman–Crippen MR) is 103 cm³/mol. The van der Waals surface area contributed by atoms with Crippen molar-refractivity contribution in [1.29, 1.82) is 0 Å². The lowest BCUT2D eigenvalue weighted by Crippen LogP contribution is -2.14. The fourth-order valence-corrected chi connectivity index (χ4v) is 3.00. The maximum Gasteiger partial charge on any atom is 0.275 e. The molecule has 2 aromatic heterocycles. The van der Waals surface area contributed by atoms with E-state index < -0.39 is 0 Å². The van der Waals surface area contributed by atoms with Crippen LogP contribution in [0.2, 0.25) is 5.02 Å². The van der Waals surface area contributed by atoms with Crippen LogP contribution in [-0.2, 0) is 0 Å². The standard InChI is InChI=1S/C20H15ClN4O/c1-13-7-9-14(10-8-13)24-20(26)19-18(21)16-11-23-25(17(16)12-22-19)15-5-3-2-4-6-15/h2-12H,1H3,(H,24,26). The molecule has 0 spiro atoms. The highest BCUT2D eigenvalue weighted by Gasteiger charge is 2.18. The smallest absolute Gasteiger partial charge is 0.275 e. The number of anilines is 1. The number of aromatic nitrogens is 3. The number of nitrogens with zero attached hydrogens (tertiary/aromatic N) is 3. The number of aryl methyl sites for hydroxylation is 1. The Kier molecular flexibility index (Phi) is 4.14. The number of carbonyl (C=O) groups excluding carboxylic acids is 1. The monoisotopic (exact) mass is 362 g/mol. The van der Waals surface area contributed by atoms with Crippen molar-refractivity contribution in [3.63, 3.8) is 0 Å². The average molecular weight is 363 g/mol. The van der Waals surface area contributed by atoms with Crippen LogP contribution in [-0.4, -0.2) is 20.7 Å². The molecule has 0 unspecified atom stereocenters. The third-order valence-electron chi connectivity index (χ3n) is 4.09. The van der Waals surface area contributed by atoms with E-state index in [0.717, 1.165) is 16.8 Å². The number of benzene rings is 2. The van der Waals surface area contributed by atoms with E-state index in [1.807, 2.05) is 61.5 Å². The molecule has 0 bridgehead atoms. The van der Waals surface area contributed by atoms with Crippen molar-refractivity contribution in [1.82, 2.24) is 14.8 Å². The first-order valence-electron chi connectivity index (χ1n) is 8.09. The van der Waals surface area contributed by atoms with Crippen LogP contribution < -0.4 is 5.32 Å². The summed E-state index contributed by atoms with van der Waals surface area (Å²) < 4.78 is 1.75. The maximum absolute atomic E-state index is 12.6. The molecule has 128 valence electrons. The number of hydrogen-bond donors (Lipinski definition) is 1. The Morgan fingerprint density at radius 1 is 1.04 bits per heavy atom. The van der Waals surface area contributed by atoms with Crippen LogP contribution in [0, 0.1) is 6.92 Å². The topological polar surface area (TPSA) is 59.8 Å². The van der Waals surface area contributed by atoms with Gasteiger partial charge < -0.3 is 5.32 Å². The molecule has 0 aliphatic heterocycles. The maximum atomic E-state index is 12.6. The minimum absolute atomic E-state index is 0.173.